The lowest BCUT2D eigenvalue weighted by Crippen LogP contribution is -2.81. The van der Waals surface area contributed by atoms with Crippen molar-refractivity contribution in [1.29, 1.82) is 0 Å². The van der Waals surface area contributed by atoms with Gasteiger partial charge in [0.1, 0.15) is 0 Å². The Bertz CT molecular complexity index is 379. The molecule has 0 atom stereocenters. The quantitative estimate of drug-likeness (QED) is 0.530. The van der Waals surface area contributed by atoms with Crippen molar-refractivity contribution < 1.29 is 0 Å². The zero-order valence-electron chi connectivity index (χ0n) is 21.1. The minimum atomic E-state index is -0.0810. The monoisotopic (exact) mass is 381 g/mol. The van der Waals surface area contributed by atoms with Gasteiger partial charge in [0.2, 0.25) is 0 Å². The maximum Gasteiger partial charge on any atom is 0.389 e. The van der Waals surface area contributed by atoms with Gasteiger partial charge in [-0.15, -0.1) is 0 Å². The normalized spacial score (nSPS) is 14.7. The molecule has 0 radical (unpaired) electrons. The molecule has 0 aromatic carbocycles. The molecule has 0 fully saturated rings. The minimum absolute atomic E-state index is 0.0142. The van der Waals surface area contributed by atoms with E-state index in [9.17, 15) is 0 Å². The van der Waals surface area contributed by atoms with Crippen LogP contribution in [-0.4, -0.2) is 46.7 Å². The molecule has 0 heterocycles. The van der Waals surface area contributed by atoms with E-state index >= 15 is 0 Å². The van der Waals surface area contributed by atoms with Gasteiger partial charge in [-0.25, -0.2) is 0 Å². The first kappa shape index (κ1) is 26.9. The van der Waals surface area contributed by atoms with Crippen molar-refractivity contribution in [2.24, 2.45) is 0 Å². The van der Waals surface area contributed by atoms with Crippen LogP contribution < -0.4 is 20.9 Å². The van der Waals surface area contributed by atoms with Gasteiger partial charge < -0.3 is 25.6 Å². The van der Waals surface area contributed by atoms with E-state index in [0.717, 1.165) is 0 Å². The van der Waals surface area contributed by atoms with Crippen molar-refractivity contribution in [3.05, 3.63) is 0 Å². The van der Waals surface area contributed by atoms with Crippen LogP contribution in [0, 0.1) is 0 Å². The smallest absolute Gasteiger partial charge is 0.324 e. The topological polar surface area (TPSA) is 51.4 Å². The summed E-state index contributed by atoms with van der Waals surface area (Å²) in [6.07, 6.45) is 0. The van der Waals surface area contributed by atoms with E-state index in [4.69, 9.17) is 0 Å². The Kier molecular flexibility index (Phi) is 8.72. The molecule has 7 heteroatoms. The summed E-state index contributed by atoms with van der Waals surface area (Å²) in [5.74, 6) is 0. The molecule has 0 amide bonds. The number of hydrogen-bond donors (Lipinski definition) is 4. The van der Waals surface area contributed by atoms with Crippen molar-refractivity contribution >= 4 is 14.2 Å². The Morgan fingerprint density at radius 1 is 0.407 bits per heavy atom. The fraction of sp³-hybridized carbons (Fsp3) is 1.00. The van der Waals surface area contributed by atoms with Crippen molar-refractivity contribution in [2.45, 2.75) is 132 Å². The molecule has 0 rings (SSSR count). The van der Waals surface area contributed by atoms with Crippen LogP contribution in [0.25, 0.3) is 0 Å². The number of hydrogen-bond acceptors (Lipinski definition) is 5. The SMILES string of the molecule is CC(C)(C)NB(NC(C)(C)C)N(B(NC(C)(C)C)NC(C)(C)C)C(C)(C)C. The highest BCUT2D eigenvalue weighted by Crippen LogP contribution is 2.19. The zero-order chi connectivity index (χ0) is 22.1. The first-order chi connectivity index (χ1) is 11.5. The summed E-state index contributed by atoms with van der Waals surface area (Å²) in [6, 6.07) is 0. The van der Waals surface area contributed by atoms with Gasteiger partial charge in [-0.2, -0.15) is 0 Å². The van der Waals surface area contributed by atoms with E-state index in [1.165, 1.54) is 0 Å². The maximum atomic E-state index is 3.81. The second kappa shape index (κ2) is 8.74. The highest BCUT2D eigenvalue weighted by atomic mass is 15.3. The average molecular weight is 381 g/mol. The van der Waals surface area contributed by atoms with Crippen LogP contribution in [0.3, 0.4) is 0 Å². The summed E-state index contributed by atoms with van der Waals surface area (Å²) < 4.78 is 2.49. The molecule has 0 aliphatic carbocycles. The number of nitrogens with zero attached hydrogens (tertiary/aromatic N) is 1. The highest BCUT2D eigenvalue weighted by molar-refractivity contribution is 6.68. The molecule has 0 unspecified atom stereocenters. The number of nitrogens with one attached hydrogen (secondary N) is 4. The summed E-state index contributed by atoms with van der Waals surface area (Å²) in [5, 5.41) is 15.2. The van der Waals surface area contributed by atoms with Gasteiger partial charge in [-0.1, -0.05) is 0 Å². The van der Waals surface area contributed by atoms with Gasteiger partial charge in [-0.05, 0) is 109 Å². The zero-order valence-corrected chi connectivity index (χ0v) is 21.1. The Morgan fingerprint density at radius 3 is 0.704 bits per heavy atom. The summed E-state index contributed by atoms with van der Waals surface area (Å²) in [6.45, 7) is 33.4. The highest BCUT2D eigenvalue weighted by Gasteiger charge is 2.45. The fourth-order valence-corrected chi connectivity index (χ4v) is 2.91. The third-order valence-electron chi connectivity index (χ3n) is 3.61. The number of rotatable bonds is 6. The molecule has 160 valence electrons. The second-order valence-electron chi connectivity index (χ2n) is 13.0. The molecule has 0 aromatic rings. The van der Waals surface area contributed by atoms with Gasteiger partial charge in [0.15, 0.2) is 0 Å². The first-order valence-corrected chi connectivity index (χ1v) is 10.4. The maximum absolute atomic E-state index is 3.81. The summed E-state index contributed by atoms with van der Waals surface area (Å²) in [7, 11) is -0.0283. The lowest BCUT2D eigenvalue weighted by Gasteiger charge is -2.49. The van der Waals surface area contributed by atoms with E-state index in [1.54, 1.807) is 0 Å². The predicted octanol–water partition coefficient (Wildman–Crippen LogP) is 3.61. The standard InChI is InChI=1S/C20H49B2N5/c1-16(2,3)23-21(24-17(4,5)6)27(20(13,14)15)22(25-18(7,8)9)26-19(10,11)12/h23-26H,1-15H3. The summed E-state index contributed by atoms with van der Waals surface area (Å²) in [4.78, 5) is 0. The molecule has 0 aliphatic heterocycles. The van der Waals surface area contributed by atoms with Crippen LogP contribution in [0.15, 0.2) is 0 Å². The van der Waals surface area contributed by atoms with Gasteiger partial charge in [0, 0.05) is 22.2 Å². The summed E-state index contributed by atoms with van der Waals surface area (Å²) in [5.41, 5.74) is -0.190. The Balaban J connectivity index is 6.20. The van der Waals surface area contributed by atoms with E-state index < -0.39 is 0 Å². The van der Waals surface area contributed by atoms with E-state index in [-0.39, 0.29) is 41.9 Å². The molecular weight excluding hydrogens is 332 g/mol. The molecule has 4 N–H and O–H groups in total. The van der Waals surface area contributed by atoms with Crippen molar-refractivity contribution in [3.63, 3.8) is 0 Å². The summed E-state index contributed by atoms with van der Waals surface area (Å²) >= 11 is 0. The molecule has 0 aliphatic rings. The van der Waals surface area contributed by atoms with Gasteiger partial charge in [-0.3, -0.25) is 0 Å². The third kappa shape index (κ3) is 12.9. The van der Waals surface area contributed by atoms with Crippen LogP contribution in [0.5, 0.6) is 0 Å². The predicted molar refractivity (Wildman–Crippen MR) is 125 cm³/mol. The van der Waals surface area contributed by atoms with E-state index in [1.807, 2.05) is 0 Å². The van der Waals surface area contributed by atoms with Crippen molar-refractivity contribution in [3.8, 4) is 0 Å². The lowest BCUT2D eigenvalue weighted by atomic mass is 9.65. The molecule has 0 bridgehead atoms. The van der Waals surface area contributed by atoms with Gasteiger partial charge in [0.05, 0.1) is 0 Å². The second-order valence-corrected chi connectivity index (χ2v) is 13.0. The van der Waals surface area contributed by atoms with Crippen LogP contribution in [0.2, 0.25) is 0 Å². The molecule has 0 saturated carbocycles. The van der Waals surface area contributed by atoms with Crippen LogP contribution in [0.4, 0.5) is 0 Å². The van der Waals surface area contributed by atoms with E-state index in [0.29, 0.717) is 0 Å². The van der Waals surface area contributed by atoms with Gasteiger partial charge >= 0.3 is 14.2 Å². The Morgan fingerprint density at radius 2 is 0.593 bits per heavy atom. The molecule has 0 spiro atoms. The third-order valence-corrected chi connectivity index (χ3v) is 3.61. The molecule has 5 nitrogen and oxygen atoms in total. The van der Waals surface area contributed by atoms with E-state index in [2.05, 4.69) is 129 Å². The van der Waals surface area contributed by atoms with Crippen molar-refractivity contribution in [2.75, 3.05) is 0 Å². The van der Waals surface area contributed by atoms with Crippen LogP contribution >= 0.6 is 0 Å². The first-order valence-electron chi connectivity index (χ1n) is 10.4. The van der Waals surface area contributed by atoms with Gasteiger partial charge in [0.25, 0.3) is 0 Å². The lowest BCUT2D eigenvalue weighted by molar-refractivity contribution is 0.303. The Hall–Kier alpha value is -0.0701. The molecular formula is C20H49B2N5. The van der Waals surface area contributed by atoms with Crippen LogP contribution in [0.1, 0.15) is 104 Å². The molecule has 27 heavy (non-hydrogen) atoms. The molecule has 0 aromatic heterocycles. The van der Waals surface area contributed by atoms with Crippen LogP contribution in [-0.2, 0) is 0 Å². The van der Waals surface area contributed by atoms with Crippen molar-refractivity contribution in [1.82, 2.24) is 25.6 Å². The Labute approximate surface area is 171 Å². The minimum Gasteiger partial charge on any atom is -0.324 e. The average Bonchev–Trinajstić information content (AvgIpc) is 2.15. The fourth-order valence-electron chi connectivity index (χ4n) is 2.91. The molecule has 0 saturated heterocycles. The largest absolute Gasteiger partial charge is 0.389 e.